The molecule has 29 heavy (non-hydrogen) atoms. The van der Waals surface area contributed by atoms with Crippen LogP contribution in [0.4, 0.5) is 5.69 Å². The molecule has 1 amide bonds. The molecule has 1 aliphatic rings. The fourth-order valence-electron chi connectivity index (χ4n) is 3.21. The molecule has 0 aliphatic heterocycles. The highest BCUT2D eigenvalue weighted by molar-refractivity contribution is 5.99. The predicted octanol–water partition coefficient (Wildman–Crippen LogP) is 2.93. The van der Waals surface area contributed by atoms with E-state index in [0.29, 0.717) is 18.4 Å². The minimum atomic E-state index is -1.11. The van der Waals surface area contributed by atoms with Gasteiger partial charge in [-0.05, 0) is 43.5 Å². The third kappa shape index (κ3) is 5.83. The number of nitriles is 2. The molecule has 1 aromatic carbocycles. The van der Waals surface area contributed by atoms with Crippen LogP contribution in [-0.4, -0.2) is 37.6 Å². The first-order valence-corrected chi connectivity index (χ1v) is 9.64. The van der Waals surface area contributed by atoms with Gasteiger partial charge in [-0.2, -0.15) is 10.5 Å². The Labute approximate surface area is 171 Å². The zero-order valence-corrected chi connectivity index (χ0v) is 17.1. The van der Waals surface area contributed by atoms with Crippen LogP contribution in [0.15, 0.2) is 29.8 Å². The Balaban J connectivity index is 2.03. The molecule has 1 atom stereocenters. The minimum Gasteiger partial charge on any atom is -0.448 e. The minimum absolute atomic E-state index is 0.199. The summed E-state index contributed by atoms with van der Waals surface area (Å²) in [5.74, 6) is -1.41. The summed E-state index contributed by atoms with van der Waals surface area (Å²) in [6.07, 6.45) is 4.26. The van der Waals surface area contributed by atoms with Gasteiger partial charge in [0, 0.05) is 19.8 Å². The van der Waals surface area contributed by atoms with Crippen molar-refractivity contribution < 1.29 is 14.3 Å². The number of carbonyl (C=O) groups is 2. The summed E-state index contributed by atoms with van der Waals surface area (Å²) in [6.45, 7) is 1.43. The average Bonchev–Trinajstić information content (AvgIpc) is 2.72. The van der Waals surface area contributed by atoms with Crippen molar-refractivity contribution in [1.82, 2.24) is 5.32 Å². The smallest absolute Gasteiger partial charge is 0.349 e. The normalized spacial score (nSPS) is 16.7. The monoisotopic (exact) mass is 394 g/mol. The van der Waals surface area contributed by atoms with E-state index in [1.54, 1.807) is 12.1 Å². The predicted molar refractivity (Wildman–Crippen MR) is 109 cm³/mol. The number of anilines is 1. The topological polar surface area (TPSA) is 106 Å². The van der Waals surface area contributed by atoms with Crippen LogP contribution in [0.5, 0.6) is 0 Å². The molecule has 1 aromatic rings. The van der Waals surface area contributed by atoms with Crippen molar-refractivity contribution in [3.05, 3.63) is 35.4 Å². The van der Waals surface area contributed by atoms with Gasteiger partial charge < -0.3 is 15.0 Å². The van der Waals surface area contributed by atoms with Crippen LogP contribution < -0.4 is 10.2 Å². The largest absolute Gasteiger partial charge is 0.448 e. The SMILES string of the molecule is CC(OC(=O)/C(C#N)=C\c1ccc(N(C)C)cc1)C(=O)NC1(C#N)CCCCC1. The van der Waals surface area contributed by atoms with Gasteiger partial charge >= 0.3 is 5.97 Å². The van der Waals surface area contributed by atoms with Crippen molar-refractivity contribution in [1.29, 1.82) is 10.5 Å². The third-order valence-corrected chi connectivity index (χ3v) is 5.00. The number of ether oxygens (including phenoxy) is 1. The molecule has 1 fully saturated rings. The van der Waals surface area contributed by atoms with E-state index in [1.165, 1.54) is 13.0 Å². The third-order valence-electron chi connectivity index (χ3n) is 5.00. The zero-order chi connectivity index (χ0) is 21.4. The molecule has 152 valence electrons. The summed E-state index contributed by atoms with van der Waals surface area (Å²) in [5, 5.41) is 21.5. The van der Waals surface area contributed by atoms with Crippen LogP contribution >= 0.6 is 0 Å². The summed E-state index contributed by atoms with van der Waals surface area (Å²) >= 11 is 0. The fourth-order valence-corrected chi connectivity index (χ4v) is 3.21. The first kappa shape index (κ1) is 22.0. The standard InChI is InChI=1S/C22H26N4O3/c1-16(20(27)25-22(15-24)11-5-4-6-12-22)29-21(28)18(14-23)13-17-7-9-19(10-8-17)26(2)3/h7-10,13,16H,4-6,11-12H2,1-3H3,(H,25,27)/b18-13-. The van der Waals surface area contributed by atoms with E-state index in [0.717, 1.165) is 24.9 Å². The first-order valence-electron chi connectivity index (χ1n) is 9.64. The lowest BCUT2D eigenvalue weighted by Crippen LogP contribution is -2.52. The molecule has 1 N–H and O–H groups in total. The van der Waals surface area contributed by atoms with Gasteiger partial charge in [-0.15, -0.1) is 0 Å². The number of carbonyl (C=O) groups excluding carboxylic acids is 2. The van der Waals surface area contributed by atoms with Crippen LogP contribution in [-0.2, 0) is 14.3 Å². The van der Waals surface area contributed by atoms with Crippen molar-refractivity contribution >= 4 is 23.6 Å². The van der Waals surface area contributed by atoms with Crippen molar-refractivity contribution in [3.8, 4) is 12.1 Å². The second-order valence-corrected chi connectivity index (χ2v) is 7.45. The molecule has 0 radical (unpaired) electrons. The van der Waals surface area contributed by atoms with Gasteiger partial charge in [0.15, 0.2) is 6.10 Å². The highest BCUT2D eigenvalue weighted by Gasteiger charge is 2.35. The highest BCUT2D eigenvalue weighted by Crippen LogP contribution is 2.27. The number of esters is 1. The van der Waals surface area contributed by atoms with Crippen LogP contribution in [0.25, 0.3) is 6.08 Å². The second-order valence-electron chi connectivity index (χ2n) is 7.45. The van der Waals surface area contributed by atoms with Crippen molar-refractivity contribution in [2.75, 3.05) is 19.0 Å². The lowest BCUT2D eigenvalue weighted by Gasteiger charge is -2.32. The van der Waals surface area contributed by atoms with Crippen LogP contribution in [0.3, 0.4) is 0 Å². The summed E-state index contributed by atoms with van der Waals surface area (Å²) in [6, 6.07) is 11.3. The number of rotatable bonds is 6. The zero-order valence-electron chi connectivity index (χ0n) is 17.1. The molecule has 1 aliphatic carbocycles. The molecule has 2 rings (SSSR count). The van der Waals surface area contributed by atoms with Gasteiger partial charge in [-0.1, -0.05) is 31.4 Å². The van der Waals surface area contributed by atoms with Gasteiger partial charge in [0.05, 0.1) is 6.07 Å². The second kappa shape index (κ2) is 9.75. The molecule has 1 unspecified atom stereocenters. The van der Waals surface area contributed by atoms with E-state index >= 15 is 0 Å². The summed E-state index contributed by atoms with van der Waals surface area (Å²) in [5.41, 5.74) is 0.558. The Kier molecular flexibility index (Phi) is 7.39. The van der Waals surface area contributed by atoms with E-state index in [2.05, 4.69) is 11.4 Å². The summed E-state index contributed by atoms with van der Waals surface area (Å²) in [4.78, 5) is 26.7. The van der Waals surface area contributed by atoms with Crippen molar-refractivity contribution in [2.24, 2.45) is 0 Å². The van der Waals surface area contributed by atoms with E-state index in [-0.39, 0.29) is 5.57 Å². The molecule has 1 saturated carbocycles. The summed E-state index contributed by atoms with van der Waals surface area (Å²) < 4.78 is 5.17. The van der Waals surface area contributed by atoms with Crippen molar-refractivity contribution in [2.45, 2.75) is 50.7 Å². The van der Waals surface area contributed by atoms with Gasteiger partial charge in [0.2, 0.25) is 0 Å². The molecular formula is C22H26N4O3. The lowest BCUT2D eigenvalue weighted by atomic mass is 9.83. The van der Waals surface area contributed by atoms with E-state index in [4.69, 9.17) is 4.74 Å². The van der Waals surface area contributed by atoms with E-state index in [9.17, 15) is 20.1 Å². The number of hydrogen-bond donors (Lipinski definition) is 1. The molecule has 0 bridgehead atoms. The van der Waals surface area contributed by atoms with Gasteiger partial charge in [0.25, 0.3) is 5.91 Å². The molecule has 7 nitrogen and oxygen atoms in total. The van der Waals surface area contributed by atoms with Crippen LogP contribution in [0.2, 0.25) is 0 Å². The fraction of sp³-hybridized carbons (Fsp3) is 0.455. The van der Waals surface area contributed by atoms with Crippen LogP contribution in [0, 0.1) is 22.7 Å². The highest BCUT2D eigenvalue weighted by atomic mass is 16.5. The Morgan fingerprint density at radius 2 is 1.79 bits per heavy atom. The maximum absolute atomic E-state index is 12.4. The van der Waals surface area contributed by atoms with E-state index < -0.39 is 23.5 Å². The number of nitrogens with one attached hydrogen (secondary N) is 1. The summed E-state index contributed by atoms with van der Waals surface area (Å²) in [7, 11) is 3.83. The molecular weight excluding hydrogens is 368 g/mol. The van der Waals surface area contributed by atoms with Crippen LogP contribution in [0.1, 0.15) is 44.6 Å². The van der Waals surface area contributed by atoms with Crippen molar-refractivity contribution in [3.63, 3.8) is 0 Å². The first-order chi connectivity index (χ1) is 13.8. The Hall–Kier alpha value is -3.32. The molecule has 0 heterocycles. The Morgan fingerprint density at radius 3 is 2.31 bits per heavy atom. The van der Waals surface area contributed by atoms with Gasteiger partial charge in [-0.3, -0.25) is 4.79 Å². The maximum atomic E-state index is 12.4. The quantitative estimate of drug-likeness (QED) is 0.452. The molecule has 0 saturated heterocycles. The number of benzene rings is 1. The number of amides is 1. The molecule has 7 heteroatoms. The molecule has 0 aromatic heterocycles. The Bertz CT molecular complexity index is 854. The number of hydrogen-bond acceptors (Lipinski definition) is 6. The average molecular weight is 394 g/mol. The van der Waals surface area contributed by atoms with Gasteiger partial charge in [-0.25, -0.2) is 4.79 Å². The van der Waals surface area contributed by atoms with E-state index in [1.807, 2.05) is 37.2 Å². The Morgan fingerprint density at radius 1 is 1.17 bits per heavy atom. The number of nitrogens with zero attached hydrogens (tertiary/aromatic N) is 3. The maximum Gasteiger partial charge on any atom is 0.349 e. The molecule has 0 spiro atoms. The lowest BCUT2D eigenvalue weighted by molar-refractivity contribution is -0.151. The van der Waals surface area contributed by atoms with Gasteiger partial charge in [0.1, 0.15) is 17.2 Å².